The van der Waals surface area contributed by atoms with Gasteiger partial charge in [0.05, 0.1) is 19.3 Å². The smallest absolute Gasteiger partial charge is 0.348 e. The van der Waals surface area contributed by atoms with Gasteiger partial charge in [0, 0.05) is 0 Å². The summed E-state index contributed by atoms with van der Waals surface area (Å²) in [5.74, 6) is -2.31. The number of alkyl halides is 3. The first kappa shape index (κ1) is 19.0. The van der Waals surface area contributed by atoms with Crippen LogP contribution in [0.5, 0.6) is 0 Å². The second kappa shape index (κ2) is 7.50. The van der Waals surface area contributed by atoms with Crippen molar-refractivity contribution in [2.45, 2.75) is 17.6 Å². The second-order valence-electron chi connectivity index (χ2n) is 3.92. The molecule has 0 bridgehead atoms. The van der Waals surface area contributed by atoms with Gasteiger partial charge in [0.25, 0.3) is 9.70 Å². The molecule has 22 heavy (non-hydrogen) atoms. The summed E-state index contributed by atoms with van der Waals surface area (Å²) in [6, 6.07) is 0. The van der Waals surface area contributed by atoms with Crippen LogP contribution in [0.15, 0.2) is 0 Å². The van der Waals surface area contributed by atoms with Crippen molar-refractivity contribution in [2.75, 3.05) is 19.0 Å². The molecule has 1 aromatic rings. The van der Waals surface area contributed by atoms with Crippen molar-refractivity contribution >= 4 is 69.0 Å². The molecule has 1 N–H and O–H groups in total. The molecule has 0 aliphatic carbocycles. The molecule has 0 radical (unpaired) electrons. The molecule has 0 aliphatic rings. The van der Waals surface area contributed by atoms with Crippen molar-refractivity contribution in [3.8, 4) is 0 Å². The zero-order valence-corrected chi connectivity index (χ0v) is 14.9. The Bertz CT molecular complexity index is 609. The molecule has 6 nitrogen and oxygen atoms in total. The lowest BCUT2D eigenvalue weighted by molar-refractivity contribution is -0.115. The van der Waals surface area contributed by atoms with Crippen LogP contribution in [0.1, 0.15) is 32.5 Å². The van der Waals surface area contributed by atoms with Gasteiger partial charge in [0.1, 0.15) is 9.88 Å². The molecule has 0 saturated carbocycles. The number of carbonyl (C=O) groups is 3. The fourth-order valence-corrected chi connectivity index (χ4v) is 2.76. The van der Waals surface area contributed by atoms with Gasteiger partial charge in [-0.1, -0.05) is 34.8 Å². The monoisotopic (exact) mass is 387 g/mol. The number of carbonyl (C=O) groups excluding carboxylic acids is 3. The minimum Gasteiger partial charge on any atom is -0.465 e. The summed E-state index contributed by atoms with van der Waals surface area (Å²) in [6.45, 7) is 3.28. The third-order valence-electron chi connectivity index (χ3n) is 2.48. The van der Waals surface area contributed by atoms with Gasteiger partial charge in [-0.05, 0) is 19.4 Å². The van der Waals surface area contributed by atoms with Crippen molar-refractivity contribution in [2.24, 2.45) is 0 Å². The van der Waals surface area contributed by atoms with Gasteiger partial charge in [0.2, 0.25) is 0 Å². The first-order valence-corrected chi connectivity index (χ1v) is 7.85. The number of thiophene rings is 1. The molecule has 1 aromatic heterocycles. The fourth-order valence-electron chi connectivity index (χ4n) is 1.51. The van der Waals surface area contributed by atoms with Crippen LogP contribution in [-0.4, -0.2) is 35.4 Å². The van der Waals surface area contributed by atoms with Crippen LogP contribution in [0, 0.1) is 6.92 Å². The number of rotatable bonds is 4. The number of halogens is 3. The Labute approximate surface area is 145 Å². The predicted molar refractivity (Wildman–Crippen MR) is 85.3 cm³/mol. The predicted octanol–water partition coefficient (Wildman–Crippen LogP) is 3.33. The molecular weight excluding hydrogens is 377 g/mol. The molecule has 0 spiro atoms. The lowest BCUT2D eigenvalue weighted by atomic mass is 10.1. The maximum Gasteiger partial charge on any atom is 0.348 e. The Morgan fingerprint density at radius 2 is 1.82 bits per heavy atom. The highest BCUT2D eigenvalue weighted by atomic mass is 35.6. The Hall–Kier alpha value is -1.02. The van der Waals surface area contributed by atoms with E-state index in [9.17, 15) is 14.4 Å². The van der Waals surface area contributed by atoms with Crippen LogP contribution in [-0.2, 0) is 14.3 Å². The highest BCUT2D eigenvalue weighted by Crippen LogP contribution is 2.36. The first-order valence-electron chi connectivity index (χ1n) is 5.90. The van der Waals surface area contributed by atoms with Crippen molar-refractivity contribution in [3.63, 3.8) is 0 Å². The van der Waals surface area contributed by atoms with Gasteiger partial charge in [-0.15, -0.1) is 11.3 Å². The maximum atomic E-state index is 12.0. The molecule has 0 saturated heterocycles. The number of esters is 2. The van der Waals surface area contributed by atoms with Gasteiger partial charge < -0.3 is 14.8 Å². The SMILES string of the molecule is CCOC(=O)c1c(NC(=O)C(Cl)(Cl)Cl)sc(C(=O)OC)c1C. The number of anilines is 1. The Morgan fingerprint density at radius 3 is 2.27 bits per heavy atom. The molecular formula is C12H12Cl3NO5S. The molecule has 1 amide bonds. The quantitative estimate of drug-likeness (QED) is 0.632. The van der Waals surface area contributed by atoms with Crippen LogP contribution in [0.4, 0.5) is 5.00 Å². The number of ether oxygens (including phenoxy) is 2. The van der Waals surface area contributed by atoms with E-state index >= 15 is 0 Å². The number of amides is 1. The van der Waals surface area contributed by atoms with Gasteiger partial charge >= 0.3 is 11.9 Å². The highest BCUT2D eigenvalue weighted by Gasteiger charge is 2.34. The van der Waals surface area contributed by atoms with E-state index in [2.05, 4.69) is 10.1 Å². The molecule has 10 heteroatoms. The van der Waals surface area contributed by atoms with E-state index in [-0.39, 0.29) is 22.0 Å². The van der Waals surface area contributed by atoms with E-state index in [1.165, 1.54) is 14.0 Å². The van der Waals surface area contributed by atoms with E-state index in [0.717, 1.165) is 11.3 Å². The minimum absolute atomic E-state index is 0.0230. The highest BCUT2D eigenvalue weighted by molar-refractivity contribution is 7.18. The first-order chi connectivity index (χ1) is 10.1. The average molecular weight is 389 g/mol. The number of methoxy groups -OCH3 is 1. The Kier molecular flexibility index (Phi) is 6.49. The largest absolute Gasteiger partial charge is 0.465 e. The van der Waals surface area contributed by atoms with Crippen LogP contribution in [0.25, 0.3) is 0 Å². The van der Waals surface area contributed by atoms with E-state index in [4.69, 9.17) is 39.5 Å². The zero-order chi connectivity index (χ0) is 17.1. The van der Waals surface area contributed by atoms with Gasteiger partial charge in [-0.2, -0.15) is 0 Å². The average Bonchev–Trinajstić information content (AvgIpc) is 2.74. The molecule has 122 valence electrons. The number of hydrogen-bond donors (Lipinski definition) is 1. The fraction of sp³-hybridized carbons (Fsp3) is 0.417. The minimum atomic E-state index is -2.21. The summed E-state index contributed by atoms with van der Waals surface area (Å²) in [5.41, 5.74) is 0.338. The van der Waals surface area contributed by atoms with Crippen molar-refractivity contribution in [1.29, 1.82) is 0 Å². The molecule has 0 aliphatic heterocycles. The van der Waals surface area contributed by atoms with E-state index in [1.54, 1.807) is 6.92 Å². The second-order valence-corrected chi connectivity index (χ2v) is 7.23. The van der Waals surface area contributed by atoms with Crippen LogP contribution in [0.3, 0.4) is 0 Å². The van der Waals surface area contributed by atoms with Crippen LogP contribution in [0.2, 0.25) is 0 Å². The van der Waals surface area contributed by atoms with Crippen molar-refractivity contribution in [3.05, 3.63) is 16.0 Å². The summed E-state index contributed by atoms with van der Waals surface area (Å²) < 4.78 is 7.32. The van der Waals surface area contributed by atoms with Crippen molar-refractivity contribution < 1.29 is 23.9 Å². The summed E-state index contributed by atoms with van der Waals surface area (Å²) in [4.78, 5) is 35.6. The molecule has 1 heterocycles. The third kappa shape index (κ3) is 4.25. The molecule has 0 fully saturated rings. The maximum absolute atomic E-state index is 12.0. The Morgan fingerprint density at radius 1 is 1.23 bits per heavy atom. The standard InChI is InChI=1S/C12H12Cl3NO5S/c1-4-21-9(17)6-5(2)7(10(18)20-3)22-8(6)16-11(19)12(13,14)15/h4H2,1-3H3,(H,16,19). The lowest BCUT2D eigenvalue weighted by Gasteiger charge is -2.11. The van der Waals surface area contributed by atoms with Crippen LogP contribution < -0.4 is 5.32 Å². The summed E-state index contributed by atoms with van der Waals surface area (Å²) in [7, 11) is 1.20. The molecule has 0 aromatic carbocycles. The summed E-state index contributed by atoms with van der Waals surface area (Å²) >= 11 is 17.3. The lowest BCUT2D eigenvalue weighted by Crippen LogP contribution is -2.27. The number of hydrogen-bond acceptors (Lipinski definition) is 6. The van der Waals surface area contributed by atoms with Gasteiger partial charge in [-0.3, -0.25) is 4.79 Å². The molecule has 1 rings (SSSR count). The Balaban J connectivity index is 3.32. The van der Waals surface area contributed by atoms with Crippen molar-refractivity contribution in [1.82, 2.24) is 0 Å². The molecule has 0 atom stereocenters. The van der Waals surface area contributed by atoms with E-state index < -0.39 is 21.6 Å². The summed E-state index contributed by atoms with van der Waals surface area (Å²) in [5, 5.41) is 2.35. The third-order valence-corrected chi connectivity index (χ3v) is 4.18. The summed E-state index contributed by atoms with van der Waals surface area (Å²) in [6.07, 6.45) is 0. The van der Waals surface area contributed by atoms with Gasteiger partial charge in [-0.25, -0.2) is 9.59 Å². The normalized spacial score (nSPS) is 11.0. The van der Waals surface area contributed by atoms with E-state index in [0.29, 0.717) is 5.56 Å². The number of nitrogens with one attached hydrogen (secondary N) is 1. The topological polar surface area (TPSA) is 81.7 Å². The van der Waals surface area contributed by atoms with E-state index in [1.807, 2.05) is 0 Å². The van der Waals surface area contributed by atoms with Crippen LogP contribution >= 0.6 is 46.1 Å². The van der Waals surface area contributed by atoms with Gasteiger partial charge in [0.15, 0.2) is 0 Å². The molecule has 0 unspecified atom stereocenters. The zero-order valence-electron chi connectivity index (χ0n) is 11.8.